The lowest BCUT2D eigenvalue weighted by atomic mass is 10.1. The zero-order valence-corrected chi connectivity index (χ0v) is 10.7. The van der Waals surface area contributed by atoms with Gasteiger partial charge < -0.3 is 4.74 Å². The highest BCUT2D eigenvalue weighted by Crippen LogP contribution is 2.33. The molecule has 0 radical (unpaired) electrons. The van der Waals surface area contributed by atoms with E-state index >= 15 is 0 Å². The van der Waals surface area contributed by atoms with Crippen LogP contribution in [-0.2, 0) is 0 Å². The molecule has 0 saturated carbocycles. The number of benzene rings is 1. The maximum absolute atomic E-state index is 6.21. The second kappa shape index (κ2) is 3.99. The molecule has 0 saturated heterocycles. The van der Waals surface area contributed by atoms with Crippen LogP contribution in [0, 0.1) is 6.92 Å². The first-order valence-electron chi connectivity index (χ1n) is 4.42. The lowest BCUT2D eigenvalue weighted by Crippen LogP contribution is -1.90. The summed E-state index contributed by atoms with van der Waals surface area (Å²) in [5.74, 6) is 0.723. The highest BCUT2D eigenvalue weighted by atomic mass is 79.9. The van der Waals surface area contributed by atoms with Gasteiger partial charge in [0.1, 0.15) is 11.3 Å². The average Bonchev–Trinajstić information content (AvgIpc) is 2.23. The first-order chi connectivity index (χ1) is 7.13. The molecule has 0 unspecified atom stereocenters. The lowest BCUT2D eigenvalue weighted by molar-refractivity contribution is 0.418. The van der Waals surface area contributed by atoms with Crippen molar-refractivity contribution in [3.05, 3.63) is 33.4 Å². The molecule has 0 amide bonds. The Labute approximate surface area is 101 Å². The van der Waals surface area contributed by atoms with Crippen LogP contribution in [0.15, 0.2) is 22.8 Å². The maximum atomic E-state index is 6.21. The zero-order chi connectivity index (χ0) is 11.0. The number of rotatable bonds is 1. The van der Waals surface area contributed by atoms with Crippen LogP contribution >= 0.6 is 27.5 Å². The molecular weight excluding hydrogens is 277 g/mol. The minimum absolute atomic E-state index is 0.722. The molecule has 0 atom stereocenters. The van der Waals surface area contributed by atoms with Crippen molar-refractivity contribution >= 4 is 38.4 Å². The van der Waals surface area contributed by atoms with E-state index in [1.807, 2.05) is 19.1 Å². The van der Waals surface area contributed by atoms with Crippen molar-refractivity contribution in [1.29, 1.82) is 0 Å². The molecular formula is C11H9BrClNO. The van der Waals surface area contributed by atoms with E-state index < -0.39 is 0 Å². The summed E-state index contributed by atoms with van der Waals surface area (Å²) >= 11 is 9.63. The minimum Gasteiger partial charge on any atom is -0.494 e. The Bertz CT molecular complexity index is 527. The molecule has 2 aromatic rings. The molecule has 0 N–H and O–H groups in total. The van der Waals surface area contributed by atoms with Crippen molar-refractivity contribution in [1.82, 2.24) is 4.98 Å². The van der Waals surface area contributed by atoms with Gasteiger partial charge in [0.15, 0.2) is 0 Å². The second-order valence-corrected chi connectivity index (χ2v) is 4.55. The smallest absolute Gasteiger partial charge is 0.146 e. The Kier molecular flexibility index (Phi) is 2.85. The highest BCUT2D eigenvalue weighted by molar-refractivity contribution is 9.10. The third-order valence-corrected chi connectivity index (χ3v) is 3.19. The van der Waals surface area contributed by atoms with E-state index in [0.717, 1.165) is 31.7 Å². The minimum atomic E-state index is 0.722. The molecule has 0 bridgehead atoms. The molecule has 0 aliphatic heterocycles. The second-order valence-electron chi connectivity index (χ2n) is 3.26. The van der Waals surface area contributed by atoms with Gasteiger partial charge in [-0.05, 0) is 24.6 Å². The van der Waals surface area contributed by atoms with Gasteiger partial charge in [-0.1, -0.05) is 27.5 Å². The van der Waals surface area contributed by atoms with Crippen LogP contribution in [0.5, 0.6) is 5.75 Å². The number of aryl methyl sites for hydroxylation is 1. The molecule has 0 aliphatic rings. The predicted octanol–water partition coefficient (Wildman–Crippen LogP) is 3.97. The molecule has 1 aromatic heterocycles. The monoisotopic (exact) mass is 285 g/mol. The molecule has 2 nitrogen and oxygen atoms in total. The van der Waals surface area contributed by atoms with Gasteiger partial charge in [0.2, 0.25) is 0 Å². The number of methoxy groups -OCH3 is 1. The van der Waals surface area contributed by atoms with Gasteiger partial charge in [0, 0.05) is 16.1 Å². The molecule has 0 aliphatic carbocycles. The third kappa shape index (κ3) is 1.82. The first kappa shape index (κ1) is 10.7. The quantitative estimate of drug-likeness (QED) is 0.791. The summed E-state index contributed by atoms with van der Waals surface area (Å²) in [4.78, 5) is 4.32. The summed E-state index contributed by atoms with van der Waals surface area (Å²) in [5, 5.41) is 1.63. The summed E-state index contributed by atoms with van der Waals surface area (Å²) in [7, 11) is 1.62. The number of halogens is 2. The SMILES string of the molecule is COc1cc(Br)cc2c(Cl)c(C)cnc12. The van der Waals surface area contributed by atoms with Gasteiger partial charge in [0.25, 0.3) is 0 Å². The predicted molar refractivity (Wildman–Crippen MR) is 65.7 cm³/mol. The third-order valence-electron chi connectivity index (χ3n) is 2.23. The van der Waals surface area contributed by atoms with Gasteiger partial charge in [-0.3, -0.25) is 4.98 Å². The van der Waals surface area contributed by atoms with Gasteiger partial charge in [-0.25, -0.2) is 0 Å². The summed E-state index contributed by atoms with van der Waals surface area (Å²) in [6, 6.07) is 3.82. The van der Waals surface area contributed by atoms with E-state index in [1.54, 1.807) is 13.3 Å². The van der Waals surface area contributed by atoms with Gasteiger partial charge in [-0.2, -0.15) is 0 Å². The van der Waals surface area contributed by atoms with E-state index in [0.29, 0.717) is 0 Å². The summed E-state index contributed by atoms with van der Waals surface area (Å²) in [5.41, 5.74) is 1.75. The normalized spacial score (nSPS) is 10.7. The molecule has 78 valence electrons. The first-order valence-corrected chi connectivity index (χ1v) is 5.59. The highest BCUT2D eigenvalue weighted by Gasteiger charge is 2.09. The lowest BCUT2D eigenvalue weighted by Gasteiger charge is -2.08. The summed E-state index contributed by atoms with van der Waals surface area (Å²) in [6.07, 6.45) is 1.75. The molecule has 2 rings (SSSR count). The van der Waals surface area contributed by atoms with Crippen molar-refractivity contribution < 1.29 is 4.74 Å². The van der Waals surface area contributed by atoms with Crippen LogP contribution in [0.25, 0.3) is 10.9 Å². The maximum Gasteiger partial charge on any atom is 0.146 e. The van der Waals surface area contributed by atoms with Gasteiger partial charge in [0.05, 0.1) is 12.1 Å². The zero-order valence-electron chi connectivity index (χ0n) is 8.34. The van der Waals surface area contributed by atoms with Crippen molar-refractivity contribution in [2.75, 3.05) is 7.11 Å². The van der Waals surface area contributed by atoms with Crippen LogP contribution in [0.2, 0.25) is 5.02 Å². The van der Waals surface area contributed by atoms with Gasteiger partial charge in [-0.15, -0.1) is 0 Å². The number of nitrogens with zero attached hydrogens (tertiary/aromatic N) is 1. The van der Waals surface area contributed by atoms with Crippen molar-refractivity contribution in [2.24, 2.45) is 0 Å². The number of pyridine rings is 1. The van der Waals surface area contributed by atoms with Crippen LogP contribution in [0.1, 0.15) is 5.56 Å². The van der Waals surface area contributed by atoms with Crippen molar-refractivity contribution in [3.8, 4) is 5.75 Å². The molecule has 1 aromatic carbocycles. The van der Waals surface area contributed by atoms with Crippen LogP contribution in [-0.4, -0.2) is 12.1 Å². The number of ether oxygens (including phenoxy) is 1. The Morgan fingerprint density at radius 2 is 2.13 bits per heavy atom. The van der Waals surface area contributed by atoms with Crippen LogP contribution in [0.4, 0.5) is 0 Å². The molecule has 15 heavy (non-hydrogen) atoms. The molecule has 4 heteroatoms. The number of hydrogen-bond acceptors (Lipinski definition) is 2. The average molecular weight is 287 g/mol. The Balaban J connectivity index is 2.89. The molecule has 0 spiro atoms. The largest absolute Gasteiger partial charge is 0.494 e. The van der Waals surface area contributed by atoms with E-state index in [1.165, 1.54) is 0 Å². The number of aromatic nitrogens is 1. The fraction of sp³-hybridized carbons (Fsp3) is 0.182. The Morgan fingerprint density at radius 1 is 1.40 bits per heavy atom. The fourth-order valence-corrected chi connectivity index (χ4v) is 2.09. The standard InChI is InChI=1S/C11H9BrClNO/c1-6-5-14-11-8(10(6)13)3-7(12)4-9(11)15-2/h3-5H,1-2H3. The fourth-order valence-electron chi connectivity index (χ4n) is 1.46. The summed E-state index contributed by atoms with van der Waals surface area (Å²) < 4.78 is 6.18. The Morgan fingerprint density at radius 3 is 2.80 bits per heavy atom. The number of fused-ring (bicyclic) bond motifs is 1. The van der Waals surface area contributed by atoms with E-state index in [2.05, 4.69) is 20.9 Å². The van der Waals surface area contributed by atoms with Crippen LogP contribution in [0.3, 0.4) is 0 Å². The summed E-state index contributed by atoms with van der Waals surface area (Å²) in [6.45, 7) is 1.93. The van der Waals surface area contributed by atoms with Crippen molar-refractivity contribution in [3.63, 3.8) is 0 Å². The van der Waals surface area contributed by atoms with Gasteiger partial charge >= 0.3 is 0 Å². The molecule has 0 fully saturated rings. The Hall–Kier alpha value is -0.800. The van der Waals surface area contributed by atoms with E-state index in [-0.39, 0.29) is 0 Å². The van der Waals surface area contributed by atoms with Crippen LogP contribution < -0.4 is 4.74 Å². The van der Waals surface area contributed by atoms with E-state index in [9.17, 15) is 0 Å². The topological polar surface area (TPSA) is 22.1 Å². The van der Waals surface area contributed by atoms with Crippen molar-refractivity contribution in [2.45, 2.75) is 6.92 Å². The molecule has 1 heterocycles. The number of hydrogen-bond donors (Lipinski definition) is 0. The van der Waals surface area contributed by atoms with E-state index in [4.69, 9.17) is 16.3 Å².